The second kappa shape index (κ2) is 9.14. The lowest BCUT2D eigenvalue weighted by Gasteiger charge is -2.30. The molecule has 0 atom stereocenters. The monoisotopic (exact) mass is 436 g/mol. The Bertz CT molecular complexity index is 1120. The molecule has 2 amide bonds. The number of aryl methyl sites for hydroxylation is 2. The van der Waals surface area contributed by atoms with E-state index in [1.54, 1.807) is 19.3 Å². The van der Waals surface area contributed by atoms with Gasteiger partial charge in [0.1, 0.15) is 5.57 Å². The van der Waals surface area contributed by atoms with Gasteiger partial charge in [-0.25, -0.2) is 0 Å². The Labute approximate surface area is 187 Å². The zero-order valence-electron chi connectivity index (χ0n) is 17.9. The molecule has 1 aliphatic rings. The summed E-state index contributed by atoms with van der Waals surface area (Å²) in [5, 5.41) is 2.68. The van der Waals surface area contributed by atoms with Crippen molar-refractivity contribution in [1.29, 1.82) is 0 Å². The van der Waals surface area contributed by atoms with Crippen molar-refractivity contribution in [3.05, 3.63) is 70.8 Å². The topological polar surface area (TPSA) is 67.9 Å². The molecule has 7 heteroatoms. The average Bonchev–Trinajstić information content (AvgIpc) is 2.73. The zero-order valence-corrected chi connectivity index (χ0v) is 18.8. The van der Waals surface area contributed by atoms with E-state index in [0.717, 1.165) is 16.7 Å². The Morgan fingerprint density at radius 2 is 1.87 bits per heavy atom. The Balaban J connectivity index is 2.11. The van der Waals surface area contributed by atoms with E-state index in [-0.39, 0.29) is 10.7 Å². The van der Waals surface area contributed by atoms with E-state index in [1.807, 2.05) is 38.1 Å². The number of carbonyl (C=O) groups excluding carboxylic acids is 2. The molecule has 1 heterocycles. The van der Waals surface area contributed by atoms with Crippen molar-refractivity contribution in [2.45, 2.75) is 20.3 Å². The molecule has 2 aromatic rings. The number of methoxy groups -OCH3 is 2. The molecule has 0 aromatic heterocycles. The van der Waals surface area contributed by atoms with Crippen molar-refractivity contribution >= 4 is 40.9 Å². The van der Waals surface area contributed by atoms with Crippen LogP contribution in [0.5, 0.6) is 11.5 Å². The summed E-state index contributed by atoms with van der Waals surface area (Å²) in [6.45, 7) is 7.59. The maximum Gasteiger partial charge on any atom is 0.270 e. The van der Waals surface area contributed by atoms with E-state index < -0.39 is 11.8 Å². The first-order chi connectivity index (χ1) is 14.8. The Kier molecular flexibility index (Phi) is 6.56. The summed E-state index contributed by atoms with van der Waals surface area (Å²) in [7, 11) is 3.09. The number of carbonyl (C=O) groups is 2. The van der Waals surface area contributed by atoms with Gasteiger partial charge in [0.25, 0.3) is 11.8 Å². The van der Waals surface area contributed by atoms with Crippen molar-refractivity contribution in [3.8, 4) is 11.5 Å². The Hall–Kier alpha value is -3.45. The van der Waals surface area contributed by atoms with E-state index in [9.17, 15) is 9.59 Å². The number of anilines is 1. The van der Waals surface area contributed by atoms with Gasteiger partial charge >= 0.3 is 0 Å². The number of ether oxygens (including phenoxy) is 2. The van der Waals surface area contributed by atoms with Gasteiger partial charge in [-0.15, -0.1) is 6.58 Å². The molecule has 1 saturated heterocycles. The SMILES string of the molecule is C=CCc1cc(/C=C2\C(=O)NC(=S)N(c3cc(C)ccc3C)C2=O)cc(OC)c1OC. The van der Waals surface area contributed by atoms with Crippen LogP contribution in [0.3, 0.4) is 0 Å². The number of amides is 2. The highest BCUT2D eigenvalue weighted by Gasteiger charge is 2.35. The summed E-state index contributed by atoms with van der Waals surface area (Å²) < 4.78 is 10.9. The van der Waals surface area contributed by atoms with Crippen LogP contribution in [-0.2, 0) is 16.0 Å². The number of benzene rings is 2. The third kappa shape index (κ3) is 4.36. The molecule has 1 fully saturated rings. The minimum atomic E-state index is -0.545. The van der Waals surface area contributed by atoms with Crippen LogP contribution in [0.4, 0.5) is 5.69 Å². The van der Waals surface area contributed by atoms with Crippen molar-refractivity contribution in [2.24, 2.45) is 0 Å². The summed E-state index contributed by atoms with van der Waals surface area (Å²) in [5.41, 5.74) is 3.92. The number of hydrogen-bond donors (Lipinski definition) is 1. The van der Waals surface area contributed by atoms with Crippen LogP contribution in [0.2, 0.25) is 0 Å². The normalized spacial score (nSPS) is 15.2. The minimum absolute atomic E-state index is 0.0220. The van der Waals surface area contributed by atoms with Crippen molar-refractivity contribution in [1.82, 2.24) is 5.32 Å². The molecule has 6 nitrogen and oxygen atoms in total. The van der Waals surface area contributed by atoms with E-state index in [4.69, 9.17) is 21.7 Å². The van der Waals surface area contributed by atoms with Crippen LogP contribution < -0.4 is 19.7 Å². The third-order valence-corrected chi connectivity index (χ3v) is 5.25. The molecule has 0 aliphatic carbocycles. The van der Waals surface area contributed by atoms with E-state index >= 15 is 0 Å². The lowest BCUT2D eigenvalue weighted by Crippen LogP contribution is -2.54. The van der Waals surface area contributed by atoms with Gasteiger partial charge in [0.05, 0.1) is 19.9 Å². The highest BCUT2D eigenvalue weighted by molar-refractivity contribution is 7.80. The Morgan fingerprint density at radius 3 is 2.52 bits per heavy atom. The number of hydrogen-bond acceptors (Lipinski definition) is 5. The molecule has 1 N–H and O–H groups in total. The van der Waals surface area contributed by atoms with Crippen LogP contribution in [0.1, 0.15) is 22.3 Å². The van der Waals surface area contributed by atoms with Crippen LogP contribution in [0, 0.1) is 13.8 Å². The first kappa shape index (κ1) is 22.2. The summed E-state index contributed by atoms with van der Waals surface area (Å²) in [6, 6.07) is 9.29. The van der Waals surface area contributed by atoms with Gasteiger partial charge in [-0.2, -0.15) is 0 Å². The molecule has 1 aliphatic heterocycles. The van der Waals surface area contributed by atoms with Crippen LogP contribution in [0.15, 0.2) is 48.6 Å². The second-order valence-electron chi connectivity index (χ2n) is 7.16. The highest BCUT2D eigenvalue weighted by atomic mass is 32.1. The molecular weight excluding hydrogens is 412 g/mol. The van der Waals surface area contributed by atoms with Gasteiger partial charge in [-0.05, 0) is 73.5 Å². The van der Waals surface area contributed by atoms with Gasteiger partial charge in [0, 0.05) is 5.56 Å². The van der Waals surface area contributed by atoms with Crippen molar-refractivity contribution in [3.63, 3.8) is 0 Å². The predicted octanol–water partition coefficient (Wildman–Crippen LogP) is 3.88. The lowest BCUT2D eigenvalue weighted by molar-refractivity contribution is -0.122. The van der Waals surface area contributed by atoms with Gasteiger partial charge in [0.2, 0.25) is 0 Å². The molecule has 0 unspecified atom stereocenters. The smallest absolute Gasteiger partial charge is 0.270 e. The van der Waals surface area contributed by atoms with Crippen LogP contribution in [-0.4, -0.2) is 31.1 Å². The minimum Gasteiger partial charge on any atom is -0.493 e. The summed E-state index contributed by atoms with van der Waals surface area (Å²) >= 11 is 5.31. The molecule has 0 spiro atoms. The lowest BCUT2D eigenvalue weighted by atomic mass is 10.0. The largest absolute Gasteiger partial charge is 0.493 e. The van der Waals surface area contributed by atoms with Gasteiger partial charge in [-0.3, -0.25) is 19.8 Å². The number of nitrogens with zero attached hydrogens (tertiary/aromatic N) is 1. The fraction of sp³-hybridized carbons (Fsp3) is 0.208. The second-order valence-corrected chi connectivity index (χ2v) is 7.54. The van der Waals surface area contributed by atoms with Crippen molar-refractivity contribution in [2.75, 3.05) is 19.1 Å². The van der Waals surface area contributed by atoms with Crippen LogP contribution in [0.25, 0.3) is 6.08 Å². The average molecular weight is 437 g/mol. The predicted molar refractivity (Wildman–Crippen MR) is 126 cm³/mol. The Morgan fingerprint density at radius 1 is 1.13 bits per heavy atom. The standard InChI is InChI=1S/C24H24N2O4S/c1-6-7-17-11-16(13-20(29-4)21(17)30-5)12-18-22(27)25-24(31)26(23(18)28)19-10-14(2)8-9-15(19)3/h6,8-13H,1,7H2,2-5H3,(H,25,27,31)/b18-12+. The third-order valence-electron chi connectivity index (χ3n) is 4.96. The highest BCUT2D eigenvalue weighted by Crippen LogP contribution is 2.34. The maximum absolute atomic E-state index is 13.3. The van der Waals surface area contributed by atoms with Gasteiger partial charge in [0.15, 0.2) is 16.6 Å². The quantitative estimate of drug-likeness (QED) is 0.322. The van der Waals surface area contributed by atoms with E-state index in [2.05, 4.69) is 11.9 Å². The number of nitrogens with one attached hydrogen (secondary N) is 1. The van der Waals surface area contributed by atoms with Gasteiger partial charge in [-0.1, -0.05) is 18.2 Å². The molecule has 160 valence electrons. The summed E-state index contributed by atoms with van der Waals surface area (Å²) in [5.74, 6) is 0.0561. The molecule has 3 rings (SSSR count). The van der Waals surface area contributed by atoms with Gasteiger partial charge < -0.3 is 9.47 Å². The molecule has 0 saturated carbocycles. The molecular formula is C24H24N2O4S. The fourth-order valence-electron chi connectivity index (χ4n) is 3.46. The number of thiocarbonyl (C=S) groups is 1. The summed E-state index contributed by atoms with van der Waals surface area (Å²) in [4.78, 5) is 27.3. The summed E-state index contributed by atoms with van der Waals surface area (Å²) in [6.07, 6.45) is 3.81. The first-order valence-corrected chi connectivity index (χ1v) is 10.1. The molecule has 2 aromatic carbocycles. The fourth-order valence-corrected chi connectivity index (χ4v) is 3.73. The van der Waals surface area contributed by atoms with E-state index in [1.165, 1.54) is 18.1 Å². The van der Waals surface area contributed by atoms with E-state index in [0.29, 0.717) is 29.2 Å². The number of allylic oxidation sites excluding steroid dienone is 1. The zero-order chi connectivity index (χ0) is 22.7. The maximum atomic E-state index is 13.3. The van der Waals surface area contributed by atoms with Crippen LogP contribution >= 0.6 is 12.2 Å². The molecule has 31 heavy (non-hydrogen) atoms. The van der Waals surface area contributed by atoms with Crippen molar-refractivity contribution < 1.29 is 19.1 Å². The molecule has 0 radical (unpaired) electrons. The molecule has 0 bridgehead atoms. The first-order valence-electron chi connectivity index (χ1n) is 9.65. The number of rotatable bonds is 6.